The fourth-order valence-corrected chi connectivity index (χ4v) is 3.15. The van der Waals surface area contributed by atoms with Gasteiger partial charge >= 0.3 is 11.8 Å². The average Bonchev–Trinajstić information content (AvgIpc) is 2.64. The molecule has 2 atom stereocenters. The summed E-state index contributed by atoms with van der Waals surface area (Å²) in [7, 11) is 0. The molecule has 5 nitrogen and oxygen atoms in total. The molecule has 130 valence electrons. The predicted molar refractivity (Wildman–Crippen MR) is 96.9 cm³/mol. The Balaban J connectivity index is 1.70. The van der Waals surface area contributed by atoms with Crippen molar-refractivity contribution in [2.45, 2.75) is 37.8 Å². The van der Waals surface area contributed by atoms with E-state index in [0.29, 0.717) is 18.5 Å². The Bertz CT molecular complexity index is 746. The monoisotopic (exact) mass is 338 g/mol. The lowest BCUT2D eigenvalue weighted by Gasteiger charge is -2.28. The molecule has 0 radical (unpaired) electrons. The fourth-order valence-electron chi connectivity index (χ4n) is 3.15. The van der Waals surface area contributed by atoms with E-state index in [1.807, 2.05) is 48.5 Å². The minimum absolute atomic E-state index is 0.351. The molecule has 0 bridgehead atoms. The quantitative estimate of drug-likeness (QED) is 0.753. The van der Waals surface area contributed by atoms with Gasteiger partial charge < -0.3 is 15.7 Å². The van der Waals surface area contributed by atoms with Gasteiger partial charge in [0.15, 0.2) is 0 Å². The highest BCUT2D eigenvalue weighted by atomic mass is 16.3. The molecule has 2 amide bonds. The molecule has 1 saturated carbocycles. The van der Waals surface area contributed by atoms with Crippen molar-refractivity contribution in [1.82, 2.24) is 5.32 Å². The number of hydrogen-bond acceptors (Lipinski definition) is 3. The molecule has 0 aliphatic heterocycles. The smallest absolute Gasteiger partial charge is 0.313 e. The summed E-state index contributed by atoms with van der Waals surface area (Å²) in [6, 6.07) is 16.7. The molecule has 2 unspecified atom stereocenters. The lowest BCUT2D eigenvalue weighted by Crippen LogP contribution is -2.48. The molecule has 1 aliphatic rings. The molecule has 0 spiro atoms. The number of rotatable bonds is 3. The summed E-state index contributed by atoms with van der Waals surface area (Å²) in [5.74, 6) is -1.44. The second-order valence-electron chi connectivity index (χ2n) is 6.30. The van der Waals surface area contributed by atoms with Crippen LogP contribution in [0.1, 0.15) is 25.7 Å². The maximum atomic E-state index is 12.3. The zero-order valence-electron chi connectivity index (χ0n) is 13.9. The van der Waals surface area contributed by atoms with Crippen LogP contribution in [0.25, 0.3) is 11.1 Å². The second kappa shape index (κ2) is 7.94. The predicted octanol–water partition coefficient (Wildman–Crippen LogP) is 2.71. The van der Waals surface area contributed by atoms with Crippen LogP contribution in [-0.4, -0.2) is 29.1 Å². The van der Waals surface area contributed by atoms with Crippen molar-refractivity contribution in [3.05, 3.63) is 54.6 Å². The van der Waals surface area contributed by atoms with E-state index in [9.17, 15) is 14.7 Å². The van der Waals surface area contributed by atoms with Gasteiger partial charge in [-0.25, -0.2) is 0 Å². The first-order valence-electron chi connectivity index (χ1n) is 8.59. The standard InChI is InChI=1S/C20H22N2O3/c23-18-13-7-6-12-17(18)22-20(25)19(24)21-16-11-5-4-10-15(16)14-8-2-1-3-9-14/h1-5,8-11,17-18,23H,6-7,12-13H2,(H,21,24)(H,22,25). The molecule has 3 rings (SSSR count). The summed E-state index contributed by atoms with van der Waals surface area (Å²) in [5, 5.41) is 15.3. The average molecular weight is 338 g/mol. The number of benzene rings is 2. The number of amides is 2. The fraction of sp³-hybridized carbons (Fsp3) is 0.300. The van der Waals surface area contributed by atoms with Gasteiger partial charge in [-0.2, -0.15) is 0 Å². The molecule has 1 fully saturated rings. The molecule has 5 heteroatoms. The third-order valence-corrected chi connectivity index (χ3v) is 4.51. The van der Waals surface area contributed by atoms with Crippen LogP contribution in [0.15, 0.2) is 54.6 Å². The first-order chi connectivity index (χ1) is 12.1. The van der Waals surface area contributed by atoms with E-state index in [0.717, 1.165) is 24.0 Å². The van der Waals surface area contributed by atoms with E-state index in [4.69, 9.17) is 0 Å². The SMILES string of the molecule is O=C(Nc1ccccc1-c1ccccc1)C(=O)NC1CCCCC1O. The Morgan fingerprint density at radius 1 is 0.880 bits per heavy atom. The zero-order chi connectivity index (χ0) is 17.6. The third-order valence-electron chi connectivity index (χ3n) is 4.51. The Labute approximate surface area is 147 Å². The van der Waals surface area contributed by atoms with Crippen molar-refractivity contribution in [3.8, 4) is 11.1 Å². The lowest BCUT2D eigenvalue weighted by atomic mass is 9.92. The van der Waals surface area contributed by atoms with Gasteiger partial charge in [0.05, 0.1) is 12.1 Å². The number of aliphatic hydroxyl groups excluding tert-OH is 1. The Hall–Kier alpha value is -2.66. The lowest BCUT2D eigenvalue weighted by molar-refractivity contribution is -0.137. The van der Waals surface area contributed by atoms with E-state index in [1.165, 1.54) is 0 Å². The first kappa shape index (κ1) is 17.2. The van der Waals surface area contributed by atoms with E-state index < -0.39 is 17.9 Å². The van der Waals surface area contributed by atoms with E-state index in [2.05, 4.69) is 10.6 Å². The van der Waals surface area contributed by atoms with Crippen molar-refractivity contribution in [3.63, 3.8) is 0 Å². The molecule has 0 heterocycles. The van der Waals surface area contributed by atoms with Gasteiger partial charge in [0.2, 0.25) is 0 Å². The summed E-state index contributed by atoms with van der Waals surface area (Å²) in [6.45, 7) is 0. The molecular weight excluding hydrogens is 316 g/mol. The van der Waals surface area contributed by atoms with Crippen LogP contribution < -0.4 is 10.6 Å². The number of carbonyl (C=O) groups is 2. The summed E-state index contributed by atoms with van der Waals surface area (Å²) in [6.07, 6.45) is 2.66. The highest BCUT2D eigenvalue weighted by Gasteiger charge is 2.27. The van der Waals surface area contributed by atoms with Crippen LogP contribution >= 0.6 is 0 Å². The van der Waals surface area contributed by atoms with Crippen molar-refractivity contribution >= 4 is 17.5 Å². The zero-order valence-corrected chi connectivity index (χ0v) is 13.9. The molecule has 0 aromatic heterocycles. The molecule has 0 saturated heterocycles. The summed E-state index contributed by atoms with van der Waals surface area (Å²) < 4.78 is 0. The van der Waals surface area contributed by atoms with Gasteiger partial charge in [0.1, 0.15) is 0 Å². The van der Waals surface area contributed by atoms with Crippen molar-refractivity contribution in [2.24, 2.45) is 0 Å². The number of aliphatic hydroxyl groups is 1. The molecule has 2 aromatic rings. The topological polar surface area (TPSA) is 78.4 Å². The van der Waals surface area contributed by atoms with Crippen molar-refractivity contribution < 1.29 is 14.7 Å². The van der Waals surface area contributed by atoms with Crippen molar-refractivity contribution in [1.29, 1.82) is 0 Å². The van der Waals surface area contributed by atoms with Gasteiger partial charge in [-0.1, -0.05) is 61.4 Å². The number of nitrogens with one attached hydrogen (secondary N) is 2. The maximum Gasteiger partial charge on any atom is 0.313 e. The maximum absolute atomic E-state index is 12.3. The van der Waals surface area contributed by atoms with Gasteiger partial charge in [-0.05, 0) is 24.5 Å². The molecule has 25 heavy (non-hydrogen) atoms. The van der Waals surface area contributed by atoms with Crippen LogP contribution in [-0.2, 0) is 9.59 Å². The van der Waals surface area contributed by atoms with Gasteiger partial charge in [0.25, 0.3) is 0 Å². The molecule has 3 N–H and O–H groups in total. The first-order valence-corrected chi connectivity index (χ1v) is 8.59. The number of anilines is 1. The third kappa shape index (κ3) is 4.25. The van der Waals surface area contributed by atoms with E-state index >= 15 is 0 Å². The second-order valence-corrected chi connectivity index (χ2v) is 6.30. The summed E-state index contributed by atoms with van der Waals surface area (Å²) >= 11 is 0. The highest BCUT2D eigenvalue weighted by molar-refractivity contribution is 6.40. The van der Waals surface area contributed by atoms with Crippen LogP contribution in [0.2, 0.25) is 0 Å². The number of para-hydroxylation sites is 1. The van der Waals surface area contributed by atoms with Gasteiger partial charge in [-0.3, -0.25) is 9.59 Å². The van der Waals surface area contributed by atoms with Crippen LogP contribution in [0.4, 0.5) is 5.69 Å². The van der Waals surface area contributed by atoms with E-state index in [1.54, 1.807) is 6.07 Å². The largest absolute Gasteiger partial charge is 0.391 e. The summed E-state index contributed by atoms with van der Waals surface area (Å²) in [5.41, 5.74) is 2.39. The Kier molecular flexibility index (Phi) is 5.46. The Morgan fingerprint density at radius 2 is 1.56 bits per heavy atom. The number of carbonyl (C=O) groups excluding carboxylic acids is 2. The van der Waals surface area contributed by atoms with Crippen LogP contribution in [0.3, 0.4) is 0 Å². The Morgan fingerprint density at radius 3 is 2.32 bits per heavy atom. The van der Waals surface area contributed by atoms with Gasteiger partial charge in [0, 0.05) is 11.3 Å². The molecule has 1 aliphatic carbocycles. The molecular formula is C20H22N2O3. The highest BCUT2D eigenvalue weighted by Crippen LogP contribution is 2.27. The minimum Gasteiger partial charge on any atom is -0.391 e. The van der Waals surface area contributed by atoms with E-state index in [-0.39, 0.29) is 6.04 Å². The normalized spacial score (nSPS) is 19.9. The molecule has 2 aromatic carbocycles. The number of hydrogen-bond donors (Lipinski definition) is 3. The van der Waals surface area contributed by atoms with Gasteiger partial charge in [-0.15, -0.1) is 0 Å². The minimum atomic E-state index is -0.721. The van der Waals surface area contributed by atoms with Crippen molar-refractivity contribution in [2.75, 3.05) is 5.32 Å². The van der Waals surface area contributed by atoms with Crippen LogP contribution in [0.5, 0.6) is 0 Å². The van der Waals surface area contributed by atoms with Crippen LogP contribution in [0, 0.1) is 0 Å². The summed E-state index contributed by atoms with van der Waals surface area (Å²) in [4.78, 5) is 24.4.